The Morgan fingerprint density at radius 3 is 2.09 bits per heavy atom. The van der Waals surface area contributed by atoms with Crippen LogP contribution in [0, 0.1) is 0 Å². The van der Waals surface area contributed by atoms with E-state index in [1.165, 1.54) is 43.4 Å². The van der Waals surface area contributed by atoms with Crippen LogP contribution in [0.3, 0.4) is 0 Å². The van der Waals surface area contributed by atoms with Gasteiger partial charge in [0.15, 0.2) is 6.61 Å². The molecule has 0 atom stereocenters. The smallest absolute Gasteiger partial charge is 0.338 e. The van der Waals surface area contributed by atoms with E-state index < -0.39 is 34.4 Å². The van der Waals surface area contributed by atoms with E-state index in [-0.39, 0.29) is 16.0 Å². The number of anilines is 1. The largest absolute Gasteiger partial charge is 0.452 e. The number of carbonyl (C=O) groups excluding carboxylic acids is 3. The summed E-state index contributed by atoms with van der Waals surface area (Å²) in [5.41, 5.74) is 0.697. The molecule has 164 valence electrons. The third-order valence-electron chi connectivity index (χ3n) is 4.47. The van der Waals surface area contributed by atoms with Crippen LogP contribution in [-0.4, -0.2) is 39.9 Å². The summed E-state index contributed by atoms with van der Waals surface area (Å²) in [6.45, 7) is -0.696. The van der Waals surface area contributed by atoms with Crippen molar-refractivity contribution < 1.29 is 27.5 Å². The number of esters is 1. The predicted octanol–water partition coefficient (Wildman–Crippen LogP) is 2.63. The predicted molar refractivity (Wildman–Crippen MR) is 118 cm³/mol. The first kappa shape index (κ1) is 22.7. The maximum Gasteiger partial charge on any atom is 0.338 e. The number of ether oxygens (including phenoxy) is 1. The molecule has 0 aliphatic heterocycles. The first-order valence-corrected chi connectivity index (χ1v) is 10.9. The number of imide groups is 1. The van der Waals surface area contributed by atoms with Crippen LogP contribution in [0.2, 0.25) is 0 Å². The fourth-order valence-corrected chi connectivity index (χ4v) is 4.00. The third kappa shape index (κ3) is 5.38. The van der Waals surface area contributed by atoms with Crippen molar-refractivity contribution in [1.82, 2.24) is 5.32 Å². The van der Waals surface area contributed by atoms with Crippen molar-refractivity contribution in [3.8, 4) is 0 Å². The molecule has 3 aromatic rings. The molecular weight excluding hydrogens is 432 g/mol. The number of nitrogens with one attached hydrogen (secondary N) is 1. The van der Waals surface area contributed by atoms with Crippen molar-refractivity contribution in [2.24, 2.45) is 0 Å². The Balaban J connectivity index is 1.65. The highest BCUT2D eigenvalue weighted by atomic mass is 32.2. The minimum atomic E-state index is -3.92. The van der Waals surface area contributed by atoms with Gasteiger partial charge in [0, 0.05) is 12.6 Å². The Hall–Kier alpha value is -3.98. The number of hydrogen-bond acceptors (Lipinski definition) is 6. The van der Waals surface area contributed by atoms with Crippen LogP contribution in [0.15, 0.2) is 89.8 Å². The molecule has 8 nitrogen and oxygen atoms in total. The Morgan fingerprint density at radius 1 is 0.844 bits per heavy atom. The van der Waals surface area contributed by atoms with Crippen LogP contribution in [0.4, 0.5) is 5.69 Å². The fourth-order valence-electron chi connectivity index (χ4n) is 2.76. The fraction of sp³-hybridized carbons (Fsp3) is 0.0870. The molecule has 0 aromatic heterocycles. The van der Waals surface area contributed by atoms with Crippen LogP contribution in [0.25, 0.3) is 0 Å². The van der Waals surface area contributed by atoms with Gasteiger partial charge in [0.25, 0.3) is 21.8 Å². The molecular formula is C23H20N2O6S. The Morgan fingerprint density at radius 2 is 1.44 bits per heavy atom. The summed E-state index contributed by atoms with van der Waals surface area (Å²) in [7, 11) is -2.52. The molecule has 2 amide bonds. The molecule has 0 saturated carbocycles. The van der Waals surface area contributed by atoms with Crippen molar-refractivity contribution in [3.05, 3.63) is 96.1 Å². The highest BCUT2D eigenvalue weighted by Gasteiger charge is 2.23. The van der Waals surface area contributed by atoms with Gasteiger partial charge in [0.05, 0.1) is 16.1 Å². The van der Waals surface area contributed by atoms with Gasteiger partial charge in [-0.2, -0.15) is 0 Å². The lowest BCUT2D eigenvalue weighted by atomic mass is 10.2. The Kier molecular flexibility index (Phi) is 7.01. The van der Waals surface area contributed by atoms with Gasteiger partial charge in [-0.3, -0.25) is 19.2 Å². The van der Waals surface area contributed by atoms with Gasteiger partial charge in [-0.25, -0.2) is 13.2 Å². The van der Waals surface area contributed by atoms with Gasteiger partial charge in [-0.05, 0) is 42.5 Å². The van der Waals surface area contributed by atoms with Crippen LogP contribution in [0.5, 0.6) is 0 Å². The van der Waals surface area contributed by atoms with E-state index >= 15 is 0 Å². The minimum Gasteiger partial charge on any atom is -0.452 e. The number of hydrogen-bond donors (Lipinski definition) is 1. The van der Waals surface area contributed by atoms with Crippen LogP contribution < -0.4 is 9.62 Å². The van der Waals surface area contributed by atoms with E-state index in [4.69, 9.17) is 4.74 Å². The number of amides is 2. The summed E-state index contributed by atoms with van der Waals surface area (Å²) >= 11 is 0. The number of benzene rings is 3. The SMILES string of the molecule is CN(c1ccccc1)S(=O)(=O)c1cccc(C(=O)OCC(=O)NC(=O)c2ccccc2)c1. The molecule has 3 rings (SSSR count). The quantitative estimate of drug-likeness (QED) is 0.552. The van der Waals surface area contributed by atoms with E-state index in [0.717, 1.165) is 4.31 Å². The number of nitrogens with zero attached hydrogens (tertiary/aromatic N) is 1. The average molecular weight is 452 g/mol. The van der Waals surface area contributed by atoms with Crippen molar-refractivity contribution in [2.75, 3.05) is 18.0 Å². The lowest BCUT2D eigenvalue weighted by molar-refractivity contribution is -0.123. The van der Waals surface area contributed by atoms with E-state index in [0.29, 0.717) is 5.69 Å². The molecule has 3 aromatic carbocycles. The second-order valence-electron chi connectivity index (χ2n) is 6.66. The molecule has 32 heavy (non-hydrogen) atoms. The molecule has 0 aliphatic rings. The van der Waals surface area contributed by atoms with Gasteiger partial charge in [0.1, 0.15) is 0 Å². The zero-order chi connectivity index (χ0) is 23.1. The molecule has 0 fully saturated rings. The highest BCUT2D eigenvalue weighted by Crippen LogP contribution is 2.22. The van der Waals surface area contributed by atoms with E-state index in [9.17, 15) is 22.8 Å². The number of rotatable bonds is 7. The summed E-state index contributed by atoms with van der Waals surface area (Å²) in [4.78, 5) is 36.1. The molecule has 0 unspecified atom stereocenters. The molecule has 1 N–H and O–H groups in total. The number of para-hydroxylation sites is 1. The number of carbonyl (C=O) groups is 3. The van der Waals surface area contributed by atoms with Gasteiger partial charge >= 0.3 is 5.97 Å². The zero-order valence-electron chi connectivity index (χ0n) is 17.1. The lowest BCUT2D eigenvalue weighted by Crippen LogP contribution is -2.34. The van der Waals surface area contributed by atoms with Crippen molar-refractivity contribution in [3.63, 3.8) is 0 Å². The monoisotopic (exact) mass is 452 g/mol. The minimum absolute atomic E-state index is 0.0466. The van der Waals surface area contributed by atoms with Crippen LogP contribution >= 0.6 is 0 Å². The Bertz CT molecular complexity index is 1230. The average Bonchev–Trinajstić information content (AvgIpc) is 2.83. The van der Waals surface area contributed by atoms with Crippen molar-refractivity contribution >= 4 is 33.5 Å². The van der Waals surface area contributed by atoms with Gasteiger partial charge in [-0.15, -0.1) is 0 Å². The maximum absolute atomic E-state index is 12.9. The van der Waals surface area contributed by atoms with Crippen molar-refractivity contribution in [1.29, 1.82) is 0 Å². The van der Waals surface area contributed by atoms with E-state index in [2.05, 4.69) is 5.32 Å². The summed E-state index contributed by atoms with van der Waals surface area (Å²) in [6.07, 6.45) is 0. The second kappa shape index (κ2) is 9.88. The molecule has 0 heterocycles. The molecule has 0 bridgehead atoms. The normalized spacial score (nSPS) is 10.8. The highest BCUT2D eigenvalue weighted by molar-refractivity contribution is 7.92. The standard InChI is InChI=1S/C23H20N2O6S/c1-25(19-12-6-3-7-13-19)32(29,30)20-14-8-11-18(15-20)23(28)31-16-21(26)24-22(27)17-9-4-2-5-10-17/h2-15H,16H2,1H3,(H,24,26,27). The number of sulfonamides is 1. The van der Waals surface area contributed by atoms with Crippen LogP contribution in [-0.2, 0) is 19.6 Å². The summed E-state index contributed by atoms with van der Waals surface area (Å²) < 4.78 is 31.8. The molecule has 9 heteroatoms. The van der Waals surface area contributed by atoms with Gasteiger partial charge in [0.2, 0.25) is 0 Å². The van der Waals surface area contributed by atoms with E-state index in [1.54, 1.807) is 48.5 Å². The maximum atomic E-state index is 12.9. The molecule has 0 spiro atoms. The first-order chi connectivity index (χ1) is 15.3. The summed E-state index contributed by atoms with van der Waals surface area (Å²) in [6, 6.07) is 21.9. The van der Waals surface area contributed by atoms with Gasteiger partial charge in [-0.1, -0.05) is 42.5 Å². The Labute approximate surface area is 185 Å². The third-order valence-corrected chi connectivity index (χ3v) is 6.25. The zero-order valence-corrected chi connectivity index (χ0v) is 17.9. The van der Waals surface area contributed by atoms with E-state index in [1.807, 2.05) is 0 Å². The second-order valence-corrected chi connectivity index (χ2v) is 8.62. The van der Waals surface area contributed by atoms with Crippen molar-refractivity contribution in [2.45, 2.75) is 4.90 Å². The first-order valence-electron chi connectivity index (χ1n) is 9.49. The summed E-state index contributed by atoms with van der Waals surface area (Å²) in [5, 5.41) is 2.11. The lowest BCUT2D eigenvalue weighted by Gasteiger charge is -2.19. The summed E-state index contributed by atoms with van der Waals surface area (Å²) in [5.74, 6) is -2.32. The molecule has 0 aliphatic carbocycles. The van der Waals surface area contributed by atoms with Crippen LogP contribution in [0.1, 0.15) is 20.7 Å². The molecule has 0 radical (unpaired) electrons. The molecule has 0 saturated heterocycles. The topological polar surface area (TPSA) is 110 Å². The van der Waals surface area contributed by atoms with Gasteiger partial charge < -0.3 is 4.74 Å².